The zero-order valence-electron chi connectivity index (χ0n) is 10.0. The summed E-state index contributed by atoms with van der Waals surface area (Å²) in [5.41, 5.74) is -0.187. The van der Waals surface area contributed by atoms with Gasteiger partial charge in [0.2, 0.25) is 0 Å². The summed E-state index contributed by atoms with van der Waals surface area (Å²) in [6.07, 6.45) is 1.23. The first kappa shape index (κ1) is 13.5. The monoisotopic (exact) mass is 276 g/mol. The summed E-state index contributed by atoms with van der Waals surface area (Å²) < 4.78 is 12.8. The number of anilines is 1. The molecule has 0 saturated heterocycles. The van der Waals surface area contributed by atoms with Gasteiger partial charge in [-0.1, -0.05) is 0 Å². The summed E-state index contributed by atoms with van der Waals surface area (Å²) in [7, 11) is 0. The molecule has 0 atom stereocenters. The minimum atomic E-state index is -1.16. The molecule has 2 aromatic rings. The van der Waals surface area contributed by atoms with E-state index < -0.39 is 23.4 Å². The van der Waals surface area contributed by atoms with E-state index in [9.17, 15) is 19.1 Å². The Bertz CT molecular complexity index is 688. The molecule has 0 spiro atoms. The van der Waals surface area contributed by atoms with E-state index in [2.05, 4.69) is 10.3 Å². The SMILES string of the molecule is O=C(O)c1ccnc(NC(=O)c2ccc(F)cc2O)c1. The van der Waals surface area contributed by atoms with Gasteiger partial charge in [-0.2, -0.15) is 0 Å². The molecule has 0 bridgehead atoms. The molecule has 0 radical (unpaired) electrons. The van der Waals surface area contributed by atoms with E-state index in [4.69, 9.17) is 5.11 Å². The van der Waals surface area contributed by atoms with E-state index >= 15 is 0 Å². The topological polar surface area (TPSA) is 99.5 Å². The number of aromatic carboxylic acids is 1. The number of nitrogens with one attached hydrogen (secondary N) is 1. The van der Waals surface area contributed by atoms with E-state index in [0.29, 0.717) is 0 Å². The number of pyridine rings is 1. The molecule has 0 aliphatic carbocycles. The predicted molar refractivity (Wildman–Crippen MR) is 67.2 cm³/mol. The number of phenols is 1. The lowest BCUT2D eigenvalue weighted by Gasteiger charge is -2.06. The van der Waals surface area contributed by atoms with Crippen molar-refractivity contribution in [1.82, 2.24) is 4.98 Å². The van der Waals surface area contributed by atoms with Gasteiger partial charge in [0.1, 0.15) is 17.4 Å². The molecule has 7 heteroatoms. The molecular weight excluding hydrogens is 267 g/mol. The third-order valence-electron chi connectivity index (χ3n) is 2.45. The van der Waals surface area contributed by atoms with Gasteiger partial charge in [-0.25, -0.2) is 14.2 Å². The van der Waals surface area contributed by atoms with Crippen LogP contribution < -0.4 is 5.32 Å². The fraction of sp³-hybridized carbons (Fsp3) is 0. The van der Waals surface area contributed by atoms with Crippen LogP contribution in [0.2, 0.25) is 0 Å². The number of nitrogens with zero attached hydrogens (tertiary/aromatic N) is 1. The highest BCUT2D eigenvalue weighted by atomic mass is 19.1. The van der Waals surface area contributed by atoms with Crippen LogP contribution in [0.5, 0.6) is 5.75 Å². The molecule has 1 aromatic heterocycles. The van der Waals surface area contributed by atoms with Crippen molar-refractivity contribution in [3.8, 4) is 5.75 Å². The zero-order valence-corrected chi connectivity index (χ0v) is 10.0. The molecule has 1 heterocycles. The number of carboxylic acids is 1. The fourth-order valence-corrected chi connectivity index (χ4v) is 1.51. The van der Waals surface area contributed by atoms with E-state index in [1.807, 2.05) is 0 Å². The van der Waals surface area contributed by atoms with Crippen molar-refractivity contribution >= 4 is 17.7 Å². The number of phenolic OH excluding ortho intramolecular Hbond substituents is 1. The number of carboxylic acid groups (broad SMARTS) is 1. The van der Waals surface area contributed by atoms with Crippen molar-refractivity contribution < 1.29 is 24.2 Å². The Hall–Kier alpha value is -2.96. The molecule has 6 nitrogen and oxygen atoms in total. The molecule has 3 N–H and O–H groups in total. The average Bonchev–Trinajstić information content (AvgIpc) is 2.38. The Labute approximate surface area is 112 Å². The van der Waals surface area contributed by atoms with Gasteiger partial charge in [0, 0.05) is 12.3 Å². The molecule has 20 heavy (non-hydrogen) atoms. The highest BCUT2D eigenvalue weighted by Crippen LogP contribution is 2.19. The maximum atomic E-state index is 12.8. The Kier molecular flexibility index (Phi) is 3.60. The van der Waals surface area contributed by atoms with Crippen molar-refractivity contribution in [2.24, 2.45) is 0 Å². The molecule has 1 aromatic carbocycles. The van der Waals surface area contributed by atoms with Crippen molar-refractivity contribution in [2.75, 3.05) is 5.32 Å². The highest BCUT2D eigenvalue weighted by molar-refractivity contribution is 6.06. The zero-order chi connectivity index (χ0) is 14.7. The standard InChI is InChI=1S/C13H9FN2O4/c14-8-1-2-9(10(17)6-8)12(18)16-11-5-7(13(19)20)3-4-15-11/h1-6,17H,(H,19,20)(H,15,16,18). The number of halogens is 1. The highest BCUT2D eigenvalue weighted by Gasteiger charge is 2.13. The molecule has 102 valence electrons. The Morgan fingerprint density at radius 2 is 1.95 bits per heavy atom. The summed E-state index contributed by atoms with van der Waals surface area (Å²) in [5, 5.41) is 20.6. The molecule has 0 aliphatic heterocycles. The summed E-state index contributed by atoms with van der Waals surface area (Å²) in [6, 6.07) is 5.38. The Balaban J connectivity index is 2.23. The summed E-state index contributed by atoms with van der Waals surface area (Å²) in [6.45, 7) is 0. The predicted octanol–water partition coefficient (Wildman–Crippen LogP) is 1.88. The van der Waals surface area contributed by atoms with Gasteiger partial charge < -0.3 is 15.5 Å². The van der Waals surface area contributed by atoms with Crippen LogP contribution in [-0.4, -0.2) is 27.1 Å². The number of hydrogen-bond donors (Lipinski definition) is 3. The van der Waals surface area contributed by atoms with Crippen LogP contribution >= 0.6 is 0 Å². The molecular formula is C13H9FN2O4. The lowest BCUT2D eigenvalue weighted by atomic mass is 10.2. The number of carbonyl (C=O) groups excluding carboxylic acids is 1. The third kappa shape index (κ3) is 2.89. The third-order valence-corrected chi connectivity index (χ3v) is 2.45. The lowest BCUT2D eigenvalue weighted by molar-refractivity contribution is 0.0696. The van der Waals surface area contributed by atoms with Gasteiger partial charge in [0.15, 0.2) is 0 Å². The van der Waals surface area contributed by atoms with E-state index in [0.717, 1.165) is 18.2 Å². The number of carbonyl (C=O) groups is 2. The number of aromatic nitrogens is 1. The van der Waals surface area contributed by atoms with E-state index in [1.165, 1.54) is 18.3 Å². The molecule has 0 aliphatic rings. The first-order chi connectivity index (χ1) is 9.47. The summed E-state index contributed by atoms with van der Waals surface area (Å²) in [4.78, 5) is 26.4. The second-order valence-electron chi connectivity index (χ2n) is 3.85. The van der Waals surface area contributed by atoms with Crippen LogP contribution in [0.3, 0.4) is 0 Å². The minimum Gasteiger partial charge on any atom is -0.507 e. The van der Waals surface area contributed by atoms with Crippen LogP contribution in [0, 0.1) is 5.82 Å². The largest absolute Gasteiger partial charge is 0.507 e. The van der Waals surface area contributed by atoms with Crippen molar-refractivity contribution in [3.05, 3.63) is 53.5 Å². The number of rotatable bonds is 3. The number of aromatic hydroxyl groups is 1. The number of amides is 1. The Morgan fingerprint density at radius 1 is 1.20 bits per heavy atom. The van der Waals surface area contributed by atoms with Gasteiger partial charge in [0.25, 0.3) is 5.91 Å². The molecule has 0 fully saturated rings. The van der Waals surface area contributed by atoms with E-state index in [-0.39, 0.29) is 16.9 Å². The molecule has 0 unspecified atom stereocenters. The smallest absolute Gasteiger partial charge is 0.335 e. The first-order valence-corrected chi connectivity index (χ1v) is 5.46. The maximum Gasteiger partial charge on any atom is 0.335 e. The normalized spacial score (nSPS) is 10.1. The second-order valence-corrected chi connectivity index (χ2v) is 3.85. The second kappa shape index (κ2) is 5.35. The summed E-state index contributed by atoms with van der Waals surface area (Å²) in [5.74, 6) is -3.06. The van der Waals surface area contributed by atoms with Crippen molar-refractivity contribution in [2.45, 2.75) is 0 Å². The fourth-order valence-electron chi connectivity index (χ4n) is 1.51. The van der Waals surface area contributed by atoms with Gasteiger partial charge in [-0.05, 0) is 24.3 Å². The van der Waals surface area contributed by atoms with Gasteiger partial charge >= 0.3 is 5.97 Å². The summed E-state index contributed by atoms with van der Waals surface area (Å²) >= 11 is 0. The van der Waals surface area contributed by atoms with Crippen LogP contribution in [0.1, 0.15) is 20.7 Å². The van der Waals surface area contributed by atoms with Gasteiger partial charge in [0.05, 0.1) is 11.1 Å². The first-order valence-electron chi connectivity index (χ1n) is 5.46. The van der Waals surface area contributed by atoms with Crippen LogP contribution in [0.4, 0.5) is 10.2 Å². The van der Waals surface area contributed by atoms with Gasteiger partial charge in [-0.3, -0.25) is 4.79 Å². The van der Waals surface area contributed by atoms with E-state index in [1.54, 1.807) is 0 Å². The number of benzene rings is 1. The van der Waals surface area contributed by atoms with Crippen molar-refractivity contribution in [3.63, 3.8) is 0 Å². The van der Waals surface area contributed by atoms with Crippen LogP contribution in [0.15, 0.2) is 36.5 Å². The van der Waals surface area contributed by atoms with Crippen molar-refractivity contribution in [1.29, 1.82) is 0 Å². The molecule has 2 rings (SSSR count). The average molecular weight is 276 g/mol. The van der Waals surface area contributed by atoms with Gasteiger partial charge in [-0.15, -0.1) is 0 Å². The molecule has 1 amide bonds. The molecule has 0 saturated carbocycles. The van der Waals surface area contributed by atoms with Crippen LogP contribution in [0.25, 0.3) is 0 Å². The van der Waals surface area contributed by atoms with Crippen LogP contribution in [-0.2, 0) is 0 Å². The number of hydrogen-bond acceptors (Lipinski definition) is 4. The quantitative estimate of drug-likeness (QED) is 0.794. The lowest BCUT2D eigenvalue weighted by Crippen LogP contribution is -2.13. The Morgan fingerprint density at radius 3 is 2.60 bits per heavy atom. The maximum absolute atomic E-state index is 12.8. The minimum absolute atomic E-state index is 0.0126.